The number of urea groups is 1. The Hall–Kier alpha value is -1.70. The van der Waals surface area contributed by atoms with Gasteiger partial charge in [0.05, 0.1) is 6.54 Å². The highest BCUT2D eigenvalue weighted by molar-refractivity contribution is 5.74. The molecule has 0 aromatic rings. The van der Waals surface area contributed by atoms with E-state index in [0.717, 1.165) is 6.42 Å². The first-order valence-electron chi connectivity index (χ1n) is 6.58. The van der Waals surface area contributed by atoms with Gasteiger partial charge in [-0.25, -0.2) is 4.79 Å². The standard InChI is InChI=1S/C14H24N2O3/c1-5-7-16(6-2)14(19)15-10-12(8-11(3)4)9-13(17)18/h1,11-12H,6-10H2,2-4H3,(H,15,19)(H,17,18). The first-order valence-corrected chi connectivity index (χ1v) is 6.58. The summed E-state index contributed by atoms with van der Waals surface area (Å²) >= 11 is 0. The summed E-state index contributed by atoms with van der Waals surface area (Å²) in [6.45, 7) is 7.07. The lowest BCUT2D eigenvalue weighted by Crippen LogP contribution is -2.42. The Balaban J connectivity index is 4.33. The third kappa shape index (κ3) is 8.09. The average Bonchev–Trinajstić information content (AvgIpc) is 2.31. The minimum Gasteiger partial charge on any atom is -0.481 e. The van der Waals surface area contributed by atoms with Crippen LogP contribution in [-0.4, -0.2) is 41.6 Å². The van der Waals surface area contributed by atoms with E-state index in [1.165, 1.54) is 4.90 Å². The lowest BCUT2D eigenvalue weighted by atomic mass is 9.94. The number of amides is 2. The molecular weight excluding hydrogens is 244 g/mol. The molecule has 1 atom stereocenters. The third-order valence-corrected chi connectivity index (χ3v) is 2.76. The van der Waals surface area contributed by atoms with Gasteiger partial charge in [0, 0.05) is 19.5 Å². The van der Waals surface area contributed by atoms with Crippen LogP contribution in [0.1, 0.15) is 33.6 Å². The number of hydrogen-bond acceptors (Lipinski definition) is 2. The molecule has 0 aliphatic carbocycles. The Morgan fingerprint density at radius 1 is 1.42 bits per heavy atom. The second kappa shape index (κ2) is 9.26. The molecule has 19 heavy (non-hydrogen) atoms. The molecule has 2 N–H and O–H groups in total. The van der Waals surface area contributed by atoms with Gasteiger partial charge in [0.15, 0.2) is 0 Å². The van der Waals surface area contributed by atoms with Crippen LogP contribution in [0.3, 0.4) is 0 Å². The molecule has 0 heterocycles. The smallest absolute Gasteiger partial charge is 0.318 e. The van der Waals surface area contributed by atoms with Crippen LogP contribution in [0.15, 0.2) is 0 Å². The quantitative estimate of drug-likeness (QED) is 0.659. The summed E-state index contributed by atoms with van der Waals surface area (Å²) in [6, 6.07) is -0.236. The third-order valence-electron chi connectivity index (χ3n) is 2.76. The van der Waals surface area contributed by atoms with Crippen molar-refractivity contribution < 1.29 is 14.7 Å². The van der Waals surface area contributed by atoms with Crippen molar-refractivity contribution in [3.63, 3.8) is 0 Å². The predicted octanol–water partition coefficient (Wildman–Crippen LogP) is 1.79. The van der Waals surface area contributed by atoms with Gasteiger partial charge in [-0.3, -0.25) is 4.79 Å². The summed E-state index contributed by atoms with van der Waals surface area (Å²) in [5, 5.41) is 11.6. The fourth-order valence-electron chi connectivity index (χ4n) is 1.93. The molecule has 2 amide bonds. The fourth-order valence-corrected chi connectivity index (χ4v) is 1.93. The van der Waals surface area contributed by atoms with Gasteiger partial charge in [-0.15, -0.1) is 6.42 Å². The van der Waals surface area contributed by atoms with Gasteiger partial charge in [0.25, 0.3) is 0 Å². The number of carbonyl (C=O) groups is 2. The molecule has 0 rings (SSSR count). The maximum Gasteiger partial charge on any atom is 0.318 e. The van der Waals surface area contributed by atoms with Gasteiger partial charge in [0.1, 0.15) is 0 Å². The summed E-state index contributed by atoms with van der Waals surface area (Å²) < 4.78 is 0. The van der Waals surface area contributed by atoms with Crippen LogP contribution in [0.2, 0.25) is 0 Å². The van der Waals surface area contributed by atoms with E-state index in [1.54, 1.807) is 0 Å². The van der Waals surface area contributed by atoms with E-state index < -0.39 is 5.97 Å². The highest BCUT2D eigenvalue weighted by atomic mass is 16.4. The second-order valence-corrected chi connectivity index (χ2v) is 5.00. The van der Waals surface area contributed by atoms with Crippen molar-refractivity contribution in [2.45, 2.75) is 33.6 Å². The Bertz CT molecular complexity index is 334. The Labute approximate surface area is 115 Å². The summed E-state index contributed by atoms with van der Waals surface area (Å²) in [7, 11) is 0. The first kappa shape index (κ1) is 17.3. The highest BCUT2D eigenvalue weighted by Gasteiger charge is 2.17. The first-order chi connectivity index (χ1) is 8.90. The average molecular weight is 268 g/mol. The van der Waals surface area contributed by atoms with Crippen molar-refractivity contribution >= 4 is 12.0 Å². The van der Waals surface area contributed by atoms with Crippen LogP contribution in [0, 0.1) is 24.2 Å². The number of rotatable bonds is 8. The molecule has 1 unspecified atom stereocenters. The number of carboxylic acid groups (broad SMARTS) is 1. The van der Waals surface area contributed by atoms with Crippen LogP contribution in [0.25, 0.3) is 0 Å². The van der Waals surface area contributed by atoms with Gasteiger partial charge in [-0.1, -0.05) is 19.8 Å². The van der Waals surface area contributed by atoms with Crippen molar-refractivity contribution in [1.29, 1.82) is 0 Å². The van der Waals surface area contributed by atoms with Crippen molar-refractivity contribution in [1.82, 2.24) is 10.2 Å². The lowest BCUT2D eigenvalue weighted by molar-refractivity contribution is -0.138. The summed E-state index contributed by atoms with van der Waals surface area (Å²) in [5.41, 5.74) is 0. The molecule has 0 aromatic heterocycles. The molecule has 0 aliphatic heterocycles. The van der Waals surface area contributed by atoms with E-state index >= 15 is 0 Å². The number of carboxylic acids is 1. The van der Waals surface area contributed by atoms with E-state index in [0.29, 0.717) is 19.0 Å². The normalized spacial score (nSPS) is 11.7. The van der Waals surface area contributed by atoms with Gasteiger partial charge >= 0.3 is 12.0 Å². The molecule has 0 aliphatic rings. The lowest BCUT2D eigenvalue weighted by Gasteiger charge is -2.22. The zero-order valence-electron chi connectivity index (χ0n) is 12.0. The van der Waals surface area contributed by atoms with E-state index in [9.17, 15) is 9.59 Å². The van der Waals surface area contributed by atoms with Crippen molar-refractivity contribution in [2.24, 2.45) is 11.8 Å². The number of aliphatic carboxylic acids is 1. The number of nitrogens with zero attached hydrogens (tertiary/aromatic N) is 1. The minimum absolute atomic E-state index is 0.0500. The predicted molar refractivity (Wildman–Crippen MR) is 74.7 cm³/mol. The van der Waals surface area contributed by atoms with Crippen molar-refractivity contribution in [2.75, 3.05) is 19.6 Å². The Morgan fingerprint density at radius 3 is 2.47 bits per heavy atom. The molecule has 0 saturated carbocycles. The van der Waals surface area contributed by atoms with Crippen LogP contribution in [0.4, 0.5) is 4.79 Å². The topological polar surface area (TPSA) is 69.6 Å². The number of hydrogen-bond donors (Lipinski definition) is 2. The molecule has 108 valence electrons. The van der Waals surface area contributed by atoms with Gasteiger partial charge in [-0.05, 0) is 25.2 Å². The zero-order chi connectivity index (χ0) is 14.8. The molecule has 0 bridgehead atoms. The molecule has 0 saturated heterocycles. The van der Waals surface area contributed by atoms with E-state index in [4.69, 9.17) is 11.5 Å². The number of terminal acetylenes is 1. The SMILES string of the molecule is C#CCN(CC)C(=O)NCC(CC(=O)O)CC(C)C. The molecule has 0 spiro atoms. The monoisotopic (exact) mass is 268 g/mol. The molecule has 0 fully saturated rings. The molecular formula is C14H24N2O3. The van der Waals surface area contributed by atoms with Crippen LogP contribution >= 0.6 is 0 Å². The summed E-state index contributed by atoms with van der Waals surface area (Å²) in [5.74, 6) is 1.93. The summed E-state index contributed by atoms with van der Waals surface area (Å²) in [4.78, 5) is 24.1. The summed E-state index contributed by atoms with van der Waals surface area (Å²) in [6.07, 6.45) is 6.02. The van der Waals surface area contributed by atoms with Crippen LogP contribution in [-0.2, 0) is 4.79 Å². The van der Waals surface area contributed by atoms with E-state index in [-0.39, 0.29) is 24.9 Å². The molecule has 0 aromatic carbocycles. The minimum atomic E-state index is -0.837. The number of nitrogens with one attached hydrogen (secondary N) is 1. The fraction of sp³-hybridized carbons (Fsp3) is 0.714. The second-order valence-electron chi connectivity index (χ2n) is 5.00. The van der Waals surface area contributed by atoms with Crippen molar-refractivity contribution in [3.8, 4) is 12.3 Å². The zero-order valence-corrected chi connectivity index (χ0v) is 12.0. The van der Waals surface area contributed by atoms with Crippen LogP contribution in [0.5, 0.6) is 0 Å². The molecule has 5 heteroatoms. The van der Waals surface area contributed by atoms with Crippen LogP contribution < -0.4 is 5.32 Å². The number of carbonyl (C=O) groups excluding carboxylic acids is 1. The Kier molecular flexibility index (Phi) is 8.43. The maximum atomic E-state index is 11.8. The maximum absolute atomic E-state index is 11.8. The van der Waals surface area contributed by atoms with Crippen molar-refractivity contribution in [3.05, 3.63) is 0 Å². The Morgan fingerprint density at radius 2 is 2.05 bits per heavy atom. The van der Waals surface area contributed by atoms with Gasteiger partial charge in [0.2, 0.25) is 0 Å². The molecule has 5 nitrogen and oxygen atoms in total. The molecule has 0 radical (unpaired) electrons. The van der Waals surface area contributed by atoms with E-state index in [2.05, 4.69) is 11.2 Å². The highest BCUT2D eigenvalue weighted by Crippen LogP contribution is 2.14. The van der Waals surface area contributed by atoms with E-state index in [1.807, 2.05) is 20.8 Å². The van der Waals surface area contributed by atoms with Gasteiger partial charge < -0.3 is 15.3 Å². The largest absolute Gasteiger partial charge is 0.481 e. The van der Waals surface area contributed by atoms with Gasteiger partial charge in [-0.2, -0.15) is 0 Å².